The van der Waals surface area contributed by atoms with Gasteiger partial charge in [0.25, 0.3) is 0 Å². The number of carbonyl (C=O) groups excluding carboxylic acids is 1. The fraction of sp³-hybridized carbons (Fsp3) is 0.591. The van der Waals surface area contributed by atoms with E-state index in [1.165, 1.54) is 23.2 Å². The van der Waals surface area contributed by atoms with Gasteiger partial charge in [-0.15, -0.1) is 0 Å². The van der Waals surface area contributed by atoms with Crippen LogP contribution in [0.5, 0.6) is 5.75 Å². The Balaban J connectivity index is 1.67. The topological polar surface area (TPSA) is 65.0 Å². The average Bonchev–Trinajstić information content (AvgIpc) is 3.34. The summed E-state index contributed by atoms with van der Waals surface area (Å²) in [5.74, 6) is 0.582. The zero-order valence-electron chi connectivity index (χ0n) is 18.6. The van der Waals surface area contributed by atoms with Crippen LogP contribution in [0.25, 0.3) is 10.9 Å². The Hall–Kier alpha value is -1.74. The second kappa shape index (κ2) is 10.0. The predicted octanol–water partition coefficient (Wildman–Crippen LogP) is 3.11. The first-order chi connectivity index (χ1) is 14.3. The van der Waals surface area contributed by atoms with Gasteiger partial charge in [-0.2, -0.15) is 0 Å². The van der Waals surface area contributed by atoms with Crippen LogP contribution in [-0.2, 0) is 20.1 Å². The Morgan fingerprint density at radius 2 is 2.17 bits per heavy atom. The highest BCUT2D eigenvalue weighted by Gasteiger charge is 2.33. The van der Waals surface area contributed by atoms with Gasteiger partial charge in [-0.05, 0) is 65.0 Å². The van der Waals surface area contributed by atoms with Crippen LogP contribution in [0.4, 0.5) is 0 Å². The smallest absolute Gasteiger partial charge is 0.314 e. The van der Waals surface area contributed by atoms with Gasteiger partial charge < -0.3 is 19.7 Å². The molecule has 7 nitrogen and oxygen atoms in total. The fourth-order valence-electron chi connectivity index (χ4n) is 3.31. The minimum Gasteiger partial charge on any atom is -0.497 e. The van der Waals surface area contributed by atoms with Gasteiger partial charge in [-0.25, -0.2) is 0 Å². The highest BCUT2D eigenvalue weighted by Crippen LogP contribution is 2.31. The molecule has 0 aliphatic carbocycles. The van der Waals surface area contributed by atoms with Gasteiger partial charge >= 0.3 is 5.97 Å². The number of hydrogen-bond donors (Lipinski definition) is 1. The van der Waals surface area contributed by atoms with E-state index in [2.05, 4.69) is 36.6 Å². The Morgan fingerprint density at radius 1 is 1.37 bits per heavy atom. The summed E-state index contributed by atoms with van der Waals surface area (Å²) in [6.45, 7) is 6.56. The van der Waals surface area contributed by atoms with Crippen molar-refractivity contribution in [3.05, 3.63) is 30.0 Å². The van der Waals surface area contributed by atoms with E-state index >= 15 is 0 Å². The maximum Gasteiger partial charge on any atom is 0.314 e. The van der Waals surface area contributed by atoms with Gasteiger partial charge in [0.05, 0.1) is 24.6 Å². The third-order valence-corrected chi connectivity index (χ3v) is 5.97. The quantitative estimate of drug-likeness (QED) is 0.454. The number of rotatable bonds is 10. The van der Waals surface area contributed by atoms with Crippen molar-refractivity contribution in [2.75, 3.05) is 47.4 Å². The van der Waals surface area contributed by atoms with Crippen LogP contribution in [0, 0.1) is 5.41 Å². The molecule has 2 heterocycles. The summed E-state index contributed by atoms with van der Waals surface area (Å²) in [6.07, 6.45) is 3.87. The van der Waals surface area contributed by atoms with Crippen LogP contribution >= 0.6 is 12.2 Å². The molecule has 0 spiro atoms. The molecule has 1 aromatic carbocycles. The zero-order valence-corrected chi connectivity index (χ0v) is 19.4. The van der Waals surface area contributed by atoms with Gasteiger partial charge in [-0.1, -0.05) is 0 Å². The molecule has 1 fully saturated rings. The highest BCUT2D eigenvalue weighted by atomic mass is 32.2. The van der Waals surface area contributed by atoms with Crippen molar-refractivity contribution in [3.8, 4) is 5.75 Å². The van der Waals surface area contributed by atoms with E-state index in [1.54, 1.807) is 7.11 Å². The van der Waals surface area contributed by atoms with Crippen molar-refractivity contribution in [3.63, 3.8) is 0 Å². The molecule has 1 aliphatic rings. The van der Waals surface area contributed by atoms with E-state index in [9.17, 15) is 4.79 Å². The molecule has 1 N–H and O–H groups in total. The molecule has 1 unspecified atom stereocenters. The Labute approximate surface area is 183 Å². The molecular formula is C22H33N3O4S. The first-order valence-electron chi connectivity index (χ1n) is 10.3. The van der Waals surface area contributed by atoms with Gasteiger partial charge in [0.2, 0.25) is 0 Å². The molecule has 2 aromatic rings. The summed E-state index contributed by atoms with van der Waals surface area (Å²) in [4.78, 5) is 14.7. The SMILES string of the molecule is COc1ccc2c(CCN(C)C)cn(SOCC(C)(C)C(=O)OC3CCNC3)c2c1. The molecule has 0 saturated carbocycles. The van der Waals surface area contributed by atoms with Gasteiger partial charge in [0.1, 0.15) is 24.1 Å². The lowest BCUT2D eigenvalue weighted by atomic mass is 9.95. The van der Waals surface area contributed by atoms with Crippen molar-refractivity contribution in [2.45, 2.75) is 32.8 Å². The molecule has 8 heteroatoms. The largest absolute Gasteiger partial charge is 0.497 e. The highest BCUT2D eigenvalue weighted by molar-refractivity contribution is 7.93. The van der Waals surface area contributed by atoms with E-state index in [0.29, 0.717) is 0 Å². The zero-order chi connectivity index (χ0) is 21.7. The lowest BCUT2D eigenvalue weighted by molar-refractivity contribution is -0.160. The van der Waals surface area contributed by atoms with Crippen LogP contribution in [-0.4, -0.2) is 68.4 Å². The van der Waals surface area contributed by atoms with E-state index < -0.39 is 5.41 Å². The number of hydrogen-bond acceptors (Lipinski definition) is 7. The first kappa shape index (κ1) is 22.9. The Kier molecular flexibility index (Phi) is 7.68. The normalized spacial score (nSPS) is 17.1. The third kappa shape index (κ3) is 5.69. The third-order valence-electron chi connectivity index (χ3n) is 5.28. The molecule has 0 bridgehead atoms. The molecule has 0 radical (unpaired) electrons. The number of ether oxygens (including phenoxy) is 2. The molecule has 1 aromatic heterocycles. The van der Waals surface area contributed by atoms with E-state index in [-0.39, 0.29) is 18.7 Å². The number of carbonyl (C=O) groups is 1. The second-order valence-electron chi connectivity index (χ2n) is 8.66. The monoisotopic (exact) mass is 435 g/mol. The van der Waals surface area contributed by atoms with Crippen LogP contribution in [0.3, 0.4) is 0 Å². The fourth-order valence-corrected chi connectivity index (χ4v) is 4.17. The Morgan fingerprint density at radius 3 is 2.83 bits per heavy atom. The molecule has 1 saturated heterocycles. The van der Waals surface area contributed by atoms with Crippen molar-refractivity contribution < 1.29 is 18.5 Å². The van der Waals surface area contributed by atoms with E-state index in [4.69, 9.17) is 13.7 Å². The van der Waals surface area contributed by atoms with Crippen molar-refractivity contribution in [1.82, 2.24) is 14.2 Å². The minimum atomic E-state index is -0.718. The first-order valence-corrected chi connectivity index (χ1v) is 11.0. The van der Waals surface area contributed by atoms with E-state index in [1.807, 2.05) is 30.0 Å². The molecule has 1 aliphatic heterocycles. The van der Waals surface area contributed by atoms with Crippen LogP contribution in [0.2, 0.25) is 0 Å². The lowest BCUT2D eigenvalue weighted by Crippen LogP contribution is -2.34. The summed E-state index contributed by atoms with van der Waals surface area (Å²) in [5, 5.41) is 4.39. The number of nitrogens with zero attached hydrogens (tertiary/aromatic N) is 2. The van der Waals surface area contributed by atoms with Crippen LogP contribution in [0.1, 0.15) is 25.8 Å². The van der Waals surface area contributed by atoms with Gasteiger partial charge in [-0.3, -0.25) is 13.0 Å². The summed E-state index contributed by atoms with van der Waals surface area (Å²) in [7, 11) is 5.81. The molecular weight excluding hydrogens is 402 g/mol. The van der Waals surface area contributed by atoms with Crippen LogP contribution < -0.4 is 10.1 Å². The van der Waals surface area contributed by atoms with Crippen molar-refractivity contribution in [2.24, 2.45) is 5.41 Å². The number of fused-ring (bicyclic) bond motifs is 1. The predicted molar refractivity (Wildman–Crippen MR) is 121 cm³/mol. The number of nitrogens with one attached hydrogen (secondary N) is 1. The summed E-state index contributed by atoms with van der Waals surface area (Å²) in [6, 6.07) is 6.08. The maximum absolute atomic E-state index is 12.5. The number of likely N-dealkylation sites (N-methyl/N-ethyl adjacent to an activating group) is 1. The van der Waals surface area contributed by atoms with Gasteiger partial charge in [0, 0.05) is 30.7 Å². The van der Waals surface area contributed by atoms with Crippen molar-refractivity contribution >= 4 is 29.1 Å². The number of methoxy groups -OCH3 is 1. The summed E-state index contributed by atoms with van der Waals surface area (Å²) >= 11 is 1.24. The molecule has 30 heavy (non-hydrogen) atoms. The number of esters is 1. The van der Waals surface area contributed by atoms with Gasteiger partial charge in [0.15, 0.2) is 0 Å². The molecule has 3 rings (SSSR count). The summed E-state index contributed by atoms with van der Waals surface area (Å²) < 4.78 is 18.9. The average molecular weight is 436 g/mol. The molecule has 1 atom stereocenters. The van der Waals surface area contributed by atoms with E-state index in [0.717, 1.165) is 43.7 Å². The Bertz CT molecular complexity index is 859. The molecule has 166 valence electrons. The minimum absolute atomic E-state index is 0.0375. The standard InChI is InChI=1S/C22H33N3O4S/c1-22(2,21(26)29-18-8-10-23-13-18)15-28-30-25-14-16(9-11-24(3)4)19-7-6-17(27-5)12-20(19)25/h6-7,12,14,18,23H,8-11,13,15H2,1-5H3. The van der Waals surface area contributed by atoms with Crippen molar-refractivity contribution in [1.29, 1.82) is 0 Å². The maximum atomic E-state index is 12.5. The van der Waals surface area contributed by atoms with Crippen LogP contribution in [0.15, 0.2) is 24.4 Å². The lowest BCUT2D eigenvalue weighted by Gasteiger charge is -2.24. The molecule has 0 amide bonds. The number of benzene rings is 1. The second-order valence-corrected chi connectivity index (χ2v) is 9.44. The number of aromatic nitrogens is 1. The summed E-state index contributed by atoms with van der Waals surface area (Å²) in [5.41, 5.74) is 1.57.